The SMILES string of the molecule is Cc1nonc1COc1ccc(CC(C)N)nc1. The molecular weight excluding hydrogens is 232 g/mol. The molecule has 1 atom stereocenters. The van der Waals surface area contributed by atoms with E-state index in [2.05, 4.69) is 19.9 Å². The largest absolute Gasteiger partial charge is 0.485 e. The van der Waals surface area contributed by atoms with Gasteiger partial charge >= 0.3 is 0 Å². The quantitative estimate of drug-likeness (QED) is 0.856. The lowest BCUT2D eigenvalue weighted by Gasteiger charge is -2.06. The Hall–Kier alpha value is -1.95. The van der Waals surface area contributed by atoms with E-state index in [0.717, 1.165) is 17.8 Å². The zero-order valence-electron chi connectivity index (χ0n) is 10.5. The summed E-state index contributed by atoms with van der Waals surface area (Å²) in [7, 11) is 0. The van der Waals surface area contributed by atoms with Crippen molar-refractivity contribution in [3.63, 3.8) is 0 Å². The third-order valence-corrected chi connectivity index (χ3v) is 2.45. The molecule has 6 heteroatoms. The minimum absolute atomic E-state index is 0.105. The smallest absolute Gasteiger partial charge is 0.145 e. The van der Waals surface area contributed by atoms with Crippen molar-refractivity contribution < 1.29 is 9.37 Å². The number of ether oxygens (including phenoxy) is 1. The van der Waals surface area contributed by atoms with E-state index in [1.54, 1.807) is 6.20 Å². The van der Waals surface area contributed by atoms with Crippen molar-refractivity contribution in [3.05, 3.63) is 35.4 Å². The summed E-state index contributed by atoms with van der Waals surface area (Å²) in [5.41, 5.74) is 8.08. The van der Waals surface area contributed by atoms with Gasteiger partial charge in [-0.3, -0.25) is 4.98 Å². The highest BCUT2D eigenvalue weighted by Gasteiger charge is 2.06. The van der Waals surface area contributed by atoms with E-state index in [0.29, 0.717) is 18.1 Å². The zero-order chi connectivity index (χ0) is 13.0. The van der Waals surface area contributed by atoms with Crippen molar-refractivity contribution in [2.75, 3.05) is 0 Å². The van der Waals surface area contributed by atoms with Crippen LogP contribution in [0.1, 0.15) is 24.0 Å². The molecule has 0 amide bonds. The summed E-state index contributed by atoms with van der Waals surface area (Å²) in [6.07, 6.45) is 2.44. The molecule has 6 nitrogen and oxygen atoms in total. The molecule has 0 saturated heterocycles. The van der Waals surface area contributed by atoms with Crippen LogP contribution in [0.3, 0.4) is 0 Å². The number of pyridine rings is 1. The maximum atomic E-state index is 5.71. The molecule has 1 unspecified atom stereocenters. The third kappa shape index (κ3) is 3.27. The van der Waals surface area contributed by atoms with E-state index in [1.807, 2.05) is 26.0 Å². The first kappa shape index (κ1) is 12.5. The van der Waals surface area contributed by atoms with E-state index < -0.39 is 0 Å². The van der Waals surface area contributed by atoms with Gasteiger partial charge in [-0.2, -0.15) is 0 Å². The molecule has 0 aromatic carbocycles. The lowest BCUT2D eigenvalue weighted by atomic mass is 10.2. The molecule has 2 heterocycles. The normalized spacial score (nSPS) is 12.4. The molecule has 0 spiro atoms. The van der Waals surface area contributed by atoms with Crippen LogP contribution in [0.4, 0.5) is 0 Å². The molecule has 0 aliphatic rings. The Bertz CT molecular complexity index is 493. The van der Waals surface area contributed by atoms with Crippen molar-refractivity contribution >= 4 is 0 Å². The van der Waals surface area contributed by atoms with Gasteiger partial charge in [-0.1, -0.05) is 10.3 Å². The first-order valence-corrected chi connectivity index (χ1v) is 5.76. The molecule has 2 aromatic rings. The Labute approximate surface area is 105 Å². The molecule has 2 rings (SSSR count). The van der Waals surface area contributed by atoms with E-state index in [1.165, 1.54) is 0 Å². The van der Waals surface area contributed by atoms with Gasteiger partial charge in [0.1, 0.15) is 23.7 Å². The zero-order valence-corrected chi connectivity index (χ0v) is 10.5. The Morgan fingerprint density at radius 1 is 1.39 bits per heavy atom. The lowest BCUT2D eigenvalue weighted by molar-refractivity contribution is 0.269. The van der Waals surface area contributed by atoms with Crippen LogP contribution in [-0.2, 0) is 13.0 Å². The highest BCUT2D eigenvalue weighted by atomic mass is 16.6. The van der Waals surface area contributed by atoms with Crippen molar-refractivity contribution in [1.29, 1.82) is 0 Å². The predicted octanol–water partition coefficient (Wildman–Crippen LogP) is 1.24. The predicted molar refractivity (Wildman–Crippen MR) is 65.0 cm³/mol. The fourth-order valence-electron chi connectivity index (χ4n) is 1.48. The van der Waals surface area contributed by atoms with Crippen LogP contribution < -0.4 is 10.5 Å². The van der Waals surface area contributed by atoms with Crippen molar-refractivity contribution in [2.24, 2.45) is 5.73 Å². The minimum Gasteiger partial charge on any atom is -0.485 e. The van der Waals surface area contributed by atoms with Crippen LogP contribution >= 0.6 is 0 Å². The summed E-state index contributed by atoms with van der Waals surface area (Å²) >= 11 is 0. The second-order valence-corrected chi connectivity index (χ2v) is 4.25. The number of aromatic nitrogens is 3. The summed E-state index contributed by atoms with van der Waals surface area (Å²) in [5, 5.41) is 7.42. The van der Waals surface area contributed by atoms with Crippen LogP contribution in [0.25, 0.3) is 0 Å². The summed E-state index contributed by atoms with van der Waals surface area (Å²) in [4.78, 5) is 4.28. The Morgan fingerprint density at radius 3 is 2.78 bits per heavy atom. The van der Waals surface area contributed by atoms with Gasteiger partial charge in [-0.25, -0.2) is 4.63 Å². The summed E-state index contributed by atoms with van der Waals surface area (Å²) in [5.74, 6) is 0.686. The van der Waals surface area contributed by atoms with E-state index in [9.17, 15) is 0 Å². The first-order chi connectivity index (χ1) is 8.65. The summed E-state index contributed by atoms with van der Waals surface area (Å²) in [6, 6.07) is 3.88. The molecule has 0 radical (unpaired) electrons. The molecule has 0 saturated carbocycles. The molecule has 0 fully saturated rings. The van der Waals surface area contributed by atoms with Crippen LogP contribution in [0.15, 0.2) is 23.0 Å². The number of nitrogens with zero attached hydrogens (tertiary/aromatic N) is 3. The average molecular weight is 248 g/mol. The monoisotopic (exact) mass is 248 g/mol. The van der Waals surface area contributed by atoms with E-state index in [-0.39, 0.29) is 6.04 Å². The van der Waals surface area contributed by atoms with Gasteiger partial charge < -0.3 is 10.5 Å². The Kier molecular flexibility index (Phi) is 3.88. The Morgan fingerprint density at radius 2 is 2.22 bits per heavy atom. The van der Waals surface area contributed by atoms with Crippen LogP contribution in [0.2, 0.25) is 0 Å². The highest BCUT2D eigenvalue weighted by Crippen LogP contribution is 2.12. The van der Waals surface area contributed by atoms with Crippen molar-refractivity contribution in [1.82, 2.24) is 15.3 Å². The molecular formula is C12H16N4O2. The average Bonchev–Trinajstić information content (AvgIpc) is 2.73. The number of aryl methyl sites for hydroxylation is 1. The van der Waals surface area contributed by atoms with Crippen LogP contribution in [0.5, 0.6) is 5.75 Å². The van der Waals surface area contributed by atoms with Crippen molar-refractivity contribution in [2.45, 2.75) is 32.9 Å². The number of hydrogen-bond donors (Lipinski definition) is 1. The fraction of sp³-hybridized carbons (Fsp3) is 0.417. The van der Waals surface area contributed by atoms with Crippen LogP contribution in [-0.4, -0.2) is 21.3 Å². The molecule has 0 aliphatic heterocycles. The molecule has 0 bridgehead atoms. The Balaban J connectivity index is 1.92. The second-order valence-electron chi connectivity index (χ2n) is 4.25. The lowest BCUT2D eigenvalue weighted by Crippen LogP contribution is -2.18. The number of nitrogens with two attached hydrogens (primary N) is 1. The van der Waals surface area contributed by atoms with Gasteiger partial charge in [0.2, 0.25) is 0 Å². The minimum atomic E-state index is 0.105. The summed E-state index contributed by atoms with van der Waals surface area (Å²) in [6.45, 7) is 4.09. The van der Waals surface area contributed by atoms with Gasteiger partial charge in [0.25, 0.3) is 0 Å². The van der Waals surface area contributed by atoms with Gasteiger partial charge in [-0.15, -0.1) is 0 Å². The van der Waals surface area contributed by atoms with E-state index >= 15 is 0 Å². The summed E-state index contributed by atoms with van der Waals surface area (Å²) < 4.78 is 10.1. The molecule has 18 heavy (non-hydrogen) atoms. The topological polar surface area (TPSA) is 87.1 Å². The van der Waals surface area contributed by atoms with Crippen LogP contribution in [0, 0.1) is 6.92 Å². The first-order valence-electron chi connectivity index (χ1n) is 5.76. The van der Waals surface area contributed by atoms with Gasteiger partial charge in [0.15, 0.2) is 0 Å². The molecule has 2 aromatic heterocycles. The van der Waals surface area contributed by atoms with Gasteiger partial charge in [-0.05, 0) is 26.0 Å². The maximum absolute atomic E-state index is 5.71. The third-order valence-electron chi connectivity index (χ3n) is 2.45. The van der Waals surface area contributed by atoms with Gasteiger partial charge in [0, 0.05) is 18.2 Å². The van der Waals surface area contributed by atoms with E-state index in [4.69, 9.17) is 10.5 Å². The maximum Gasteiger partial charge on any atom is 0.145 e. The molecule has 96 valence electrons. The number of hydrogen-bond acceptors (Lipinski definition) is 6. The fourth-order valence-corrected chi connectivity index (χ4v) is 1.48. The second kappa shape index (κ2) is 5.59. The molecule has 2 N–H and O–H groups in total. The standard InChI is InChI=1S/C12H16N4O2/c1-8(13)5-10-3-4-11(6-14-10)17-7-12-9(2)15-18-16-12/h3-4,6,8H,5,7,13H2,1-2H3. The van der Waals surface area contributed by atoms with Gasteiger partial charge in [0.05, 0.1) is 6.20 Å². The number of rotatable bonds is 5. The highest BCUT2D eigenvalue weighted by molar-refractivity contribution is 5.20. The molecule has 0 aliphatic carbocycles. The van der Waals surface area contributed by atoms with Crippen molar-refractivity contribution in [3.8, 4) is 5.75 Å².